The van der Waals surface area contributed by atoms with E-state index in [0.29, 0.717) is 11.6 Å². The highest BCUT2D eigenvalue weighted by Crippen LogP contribution is 2.19. The van der Waals surface area contributed by atoms with Crippen molar-refractivity contribution in [2.24, 2.45) is 0 Å². The lowest BCUT2D eigenvalue weighted by molar-refractivity contribution is 0.607. The first-order valence-electron chi connectivity index (χ1n) is 5.59. The van der Waals surface area contributed by atoms with Crippen LogP contribution in [-0.4, -0.2) is 15.8 Å². The van der Waals surface area contributed by atoms with Gasteiger partial charge in [-0.25, -0.2) is 14.4 Å². The van der Waals surface area contributed by atoms with Crippen molar-refractivity contribution in [1.82, 2.24) is 9.97 Å². The number of anilines is 2. The zero-order valence-corrected chi connectivity index (χ0v) is 10.7. The van der Waals surface area contributed by atoms with Crippen LogP contribution in [0.4, 0.5) is 15.9 Å². The van der Waals surface area contributed by atoms with Gasteiger partial charge in [0.25, 0.3) is 0 Å². The maximum atomic E-state index is 13.7. The van der Waals surface area contributed by atoms with Crippen LogP contribution >= 0.6 is 11.6 Å². The van der Waals surface area contributed by atoms with Crippen molar-refractivity contribution in [1.29, 1.82) is 0 Å². The van der Waals surface area contributed by atoms with Gasteiger partial charge in [-0.05, 0) is 31.0 Å². The lowest BCUT2D eigenvalue weighted by atomic mass is 10.1. The Bertz CT molecular complexity index is 528. The zero-order chi connectivity index (χ0) is 13.0. The Balaban J connectivity index is 2.16. The molecule has 0 saturated carbocycles. The minimum atomic E-state index is -0.428. The molecule has 1 aromatic heterocycles. The molecule has 3 nitrogen and oxygen atoms in total. The second-order valence-electron chi connectivity index (χ2n) is 3.88. The third-order valence-electron chi connectivity index (χ3n) is 2.56. The second kappa shape index (κ2) is 5.78. The van der Waals surface area contributed by atoms with Crippen molar-refractivity contribution < 1.29 is 4.39 Å². The van der Waals surface area contributed by atoms with Crippen LogP contribution in [0.5, 0.6) is 0 Å². The number of benzene rings is 1. The Labute approximate surface area is 110 Å². The molecule has 0 aliphatic rings. The number of aryl methyl sites for hydroxylation is 2. The van der Waals surface area contributed by atoms with Gasteiger partial charge in [0.05, 0.1) is 5.69 Å². The molecule has 1 heterocycles. The van der Waals surface area contributed by atoms with Crippen molar-refractivity contribution >= 4 is 23.1 Å². The highest BCUT2D eigenvalue weighted by molar-refractivity contribution is 6.17. The minimum absolute atomic E-state index is 0.188. The van der Waals surface area contributed by atoms with Crippen molar-refractivity contribution in [3.8, 4) is 0 Å². The van der Waals surface area contributed by atoms with Crippen molar-refractivity contribution in [2.45, 2.75) is 13.3 Å². The fraction of sp³-hybridized carbons (Fsp3) is 0.231. The molecule has 0 bridgehead atoms. The maximum Gasteiger partial charge on any atom is 0.186 e. The Morgan fingerprint density at radius 2 is 1.94 bits per heavy atom. The van der Waals surface area contributed by atoms with E-state index in [9.17, 15) is 4.39 Å². The first-order chi connectivity index (χ1) is 8.70. The fourth-order valence-corrected chi connectivity index (χ4v) is 1.76. The number of hydrogen-bond donors (Lipinski definition) is 1. The van der Waals surface area contributed by atoms with E-state index in [1.54, 1.807) is 6.92 Å². The van der Waals surface area contributed by atoms with E-state index in [4.69, 9.17) is 11.6 Å². The highest BCUT2D eigenvalue weighted by Gasteiger charge is 2.07. The molecule has 2 aromatic rings. The summed E-state index contributed by atoms with van der Waals surface area (Å²) in [6.45, 7) is 1.60. The number of nitrogens with zero attached hydrogens (tertiary/aromatic N) is 2. The predicted octanol–water partition coefficient (Wildman–Crippen LogP) is 3.45. The molecule has 0 fully saturated rings. The summed E-state index contributed by atoms with van der Waals surface area (Å²) >= 11 is 5.66. The van der Waals surface area contributed by atoms with E-state index < -0.39 is 5.82 Å². The molecular formula is C13H13ClFN3. The number of nitrogens with one attached hydrogen (secondary N) is 1. The molecule has 1 aromatic carbocycles. The lowest BCUT2D eigenvalue weighted by Crippen LogP contribution is -2.00. The van der Waals surface area contributed by atoms with Crippen LogP contribution in [0.25, 0.3) is 0 Å². The summed E-state index contributed by atoms with van der Waals surface area (Å²) in [6, 6.07) is 7.66. The first kappa shape index (κ1) is 12.8. The number of hydrogen-bond acceptors (Lipinski definition) is 3. The molecule has 0 unspecified atom stereocenters. The molecule has 94 valence electrons. The molecule has 2 rings (SSSR count). The fourth-order valence-electron chi connectivity index (χ4n) is 1.55. The average molecular weight is 266 g/mol. The van der Waals surface area contributed by atoms with Gasteiger partial charge < -0.3 is 5.32 Å². The average Bonchev–Trinajstić information content (AvgIpc) is 2.38. The van der Waals surface area contributed by atoms with Gasteiger partial charge in [-0.3, -0.25) is 0 Å². The lowest BCUT2D eigenvalue weighted by Gasteiger charge is -2.08. The Hall–Kier alpha value is -1.68. The Morgan fingerprint density at radius 3 is 2.61 bits per heavy atom. The molecule has 0 atom stereocenters. The van der Waals surface area contributed by atoms with Crippen LogP contribution in [0.1, 0.15) is 11.3 Å². The topological polar surface area (TPSA) is 37.8 Å². The summed E-state index contributed by atoms with van der Waals surface area (Å²) in [4.78, 5) is 7.65. The molecule has 0 saturated heterocycles. The van der Waals surface area contributed by atoms with E-state index in [1.165, 1.54) is 6.33 Å². The van der Waals surface area contributed by atoms with E-state index in [1.807, 2.05) is 24.3 Å². The first-order valence-corrected chi connectivity index (χ1v) is 6.13. The summed E-state index contributed by atoms with van der Waals surface area (Å²) in [5, 5.41) is 2.92. The van der Waals surface area contributed by atoms with Gasteiger partial charge in [-0.1, -0.05) is 12.1 Å². The smallest absolute Gasteiger partial charge is 0.186 e. The van der Waals surface area contributed by atoms with E-state index >= 15 is 0 Å². The number of halogens is 2. The minimum Gasteiger partial charge on any atom is -0.338 e. The van der Waals surface area contributed by atoms with E-state index in [2.05, 4.69) is 15.3 Å². The van der Waals surface area contributed by atoms with Crippen molar-refractivity contribution in [2.75, 3.05) is 11.2 Å². The predicted molar refractivity (Wildman–Crippen MR) is 70.9 cm³/mol. The van der Waals surface area contributed by atoms with E-state index in [-0.39, 0.29) is 5.82 Å². The van der Waals surface area contributed by atoms with Gasteiger partial charge in [0.15, 0.2) is 11.6 Å². The van der Waals surface area contributed by atoms with Crippen LogP contribution < -0.4 is 5.32 Å². The zero-order valence-electron chi connectivity index (χ0n) is 9.95. The third-order valence-corrected chi connectivity index (χ3v) is 2.75. The molecule has 0 radical (unpaired) electrons. The summed E-state index contributed by atoms with van der Waals surface area (Å²) in [5.41, 5.74) is 2.26. The van der Waals surface area contributed by atoms with Crippen molar-refractivity contribution in [3.63, 3.8) is 0 Å². The quantitative estimate of drug-likeness (QED) is 0.861. The van der Waals surface area contributed by atoms with Crippen LogP contribution in [0, 0.1) is 12.7 Å². The van der Waals surface area contributed by atoms with Crippen LogP contribution in [0.15, 0.2) is 30.6 Å². The largest absolute Gasteiger partial charge is 0.338 e. The maximum absolute atomic E-state index is 13.7. The number of aromatic nitrogens is 2. The molecule has 5 heteroatoms. The molecule has 18 heavy (non-hydrogen) atoms. The Morgan fingerprint density at radius 1 is 1.22 bits per heavy atom. The van der Waals surface area contributed by atoms with E-state index in [0.717, 1.165) is 17.7 Å². The normalized spacial score (nSPS) is 10.4. The SMILES string of the molecule is Cc1ncnc(Nc2ccc(CCCl)cc2)c1F. The molecule has 0 aliphatic heterocycles. The standard InChI is InChI=1S/C13H13ClFN3/c1-9-12(15)13(17-8-16-9)18-11-4-2-10(3-5-11)6-7-14/h2-5,8H,6-7H2,1H3,(H,16,17,18). The summed E-state index contributed by atoms with van der Waals surface area (Å²) in [5.74, 6) is 0.349. The van der Waals surface area contributed by atoms with Crippen LogP contribution in [0.2, 0.25) is 0 Å². The monoisotopic (exact) mass is 265 g/mol. The van der Waals surface area contributed by atoms with Gasteiger partial charge in [0.1, 0.15) is 6.33 Å². The second-order valence-corrected chi connectivity index (χ2v) is 4.26. The Kier molecular flexibility index (Phi) is 4.10. The van der Waals surface area contributed by atoms with Gasteiger partial charge in [-0.15, -0.1) is 11.6 Å². The van der Waals surface area contributed by atoms with Gasteiger partial charge in [0, 0.05) is 11.6 Å². The van der Waals surface area contributed by atoms with Gasteiger partial charge in [-0.2, -0.15) is 0 Å². The highest BCUT2D eigenvalue weighted by atomic mass is 35.5. The molecule has 0 spiro atoms. The molecule has 1 N–H and O–H groups in total. The summed E-state index contributed by atoms with van der Waals surface area (Å²) < 4.78 is 13.7. The van der Waals surface area contributed by atoms with Crippen LogP contribution in [0.3, 0.4) is 0 Å². The molecular weight excluding hydrogens is 253 g/mol. The van der Waals surface area contributed by atoms with Crippen molar-refractivity contribution in [3.05, 3.63) is 47.7 Å². The van der Waals surface area contributed by atoms with Crippen LogP contribution in [-0.2, 0) is 6.42 Å². The third kappa shape index (κ3) is 2.96. The summed E-state index contributed by atoms with van der Waals surface area (Å²) in [6.07, 6.45) is 2.16. The van der Waals surface area contributed by atoms with Gasteiger partial charge >= 0.3 is 0 Å². The van der Waals surface area contributed by atoms with Gasteiger partial charge in [0.2, 0.25) is 0 Å². The summed E-state index contributed by atoms with van der Waals surface area (Å²) in [7, 11) is 0. The number of rotatable bonds is 4. The molecule has 0 amide bonds. The molecule has 0 aliphatic carbocycles. The number of alkyl halides is 1.